The maximum atomic E-state index is 12.3. The number of carbonyl (C=O) groups is 1. The largest absolute Gasteiger partial charge is 0.492 e. The van der Waals surface area contributed by atoms with E-state index in [1.807, 2.05) is 19.1 Å². The molecule has 1 unspecified atom stereocenters. The van der Waals surface area contributed by atoms with Gasteiger partial charge in [0.05, 0.1) is 6.10 Å². The van der Waals surface area contributed by atoms with Crippen molar-refractivity contribution in [1.82, 2.24) is 0 Å². The molecule has 1 amide bonds. The lowest BCUT2D eigenvalue weighted by Gasteiger charge is -2.13. The fourth-order valence-corrected chi connectivity index (χ4v) is 2.02. The molecule has 0 fully saturated rings. The Labute approximate surface area is 142 Å². The van der Waals surface area contributed by atoms with Gasteiger partial charge in [-0.15, -0.1) is 0 Å². The van der Waals surface area contributed by atoms with E-state index in [-0.39, 0.29) is 12.0 Å². The third kappa shape index (κ3) is 5.28. The topological polar surface area (TPSA) is 73.6 Å². The van der Waals surface area contributed by atoms with Crippen LogP contribution in [0.4, 0.5) is 5.69 Å². The summed E-state index contributed by atoms with van der Waals surface area (Å²) in [5.74, 6) is 1.33. The third-order valence-corrected chi connectivity index (χ3v) is 3.53. The number of nitrogens with two attached hydrogens (primary N) is 1. The number of hydrogen-bond donors (Lipinski definition) is 2. The Morgan fingerprint density at radius 2 is 1.71 bits per heavy atom. The van der Waals surface area contributed by atoms with Crippen LogP contribution in [0.1, 0.15) is 30.6 Å². The van der Waals surface area contributed by atoms with Gasteiger partial charge in [0.25, 0.3) is 5.91 Å². The van der Waals surface area contributed by atoms with Crippen LogP contribution in [0.5, 0.6) is 11.5 Å². The van der Waals surface area contributed by atoms with Crippen LogP contribution in [0.15, 0.2) is 48.5 Å². The number of carbonyl (C=O) groups excluding carboxylic acids is 1. The quantitative estimate of drug-likeness (QED) is 0.778. The molecule has 5 heteroatoms. The normalized spacial score (nSPS) is 11.6. The van der Waals surface area contributed by atoms with E-state index in [1.165, 1.54) is 0 Å². The third-order valence-electron chi connectivity index (χ3n) is 3.53. The molecule has 2 aromatic carbocycles. The zero-order chi connectivity index (χ0) is 17.4. The molecule has 0 radical (unpaired) electrons. The molecular formula is C19H24N2O3. The molecule has 1 atom stereocenters. The Morgan fingerprint density at radius 3 is 2.29 bits per heavy atom. The Bertz CT molecular complexity index is 639. The molecule has 2 rings (SSSR count). The zero-order valence-corrected chi connectivity index (χ0v) is 14.1. The smallest absolute Gasteiger partial charge is 0.255 e. The summed E-state index contributed by atoms with van der Waals surface area (Å²) in [6.07, 6.45) is 1.09. The summed E-state index contributed by atoms with van der Waals surface area (Å²) in [5.41, 5.74) is 6.68. The fraction of sp³-hybridized carbons (Fsp3) is 0.316. The molecule has 5 nitrogen and oxygen atoms in total. The first kappa shape index (κ1) is 17.8. The van der Waals surface area contributed by atoms with Crippen molar-refractivity contribution in [3.63, 3.8) is 0 Å². The van der Waals surface area contributed by atoms with Crippen molar-refractivity contribution in [2.75, 3.05) is 18.5 Å². The molecule has 24 heavy (non-hydrogen) atoms. The Morgan fingerprint density at radius 1 is 1.08 bits per heavy atom. The minimum Gasteiger partial charge on any atom is -0.492 e. The van der Waals surface area contributed by atoms with E-state index in [1.54, 1.807) is 36.4 Å². The maximum absolute atomic E-state index is 12.3. The van der Waals surface area contributed by atoms with Crippen LogP contribution in [-0.2, 0) is 0 Å². The Balaban J connectivity index is 1.94. The number of anilines is 1. The Kier molecular flexibility index (Phi) is 6.63. The van der Waals surface area contributed by atoms with Crippen molar-refractivity contribution in [1.29, 1.82) is 0 Å². The SMILES string of the molecule is CCC(C)Oc1ccc(C(=O)Nc2ccc(OCCN)cc2)cc1. The van der Waals surface area contributed by atoms with Crippen LogP contribution >= 0.6 is 0 Å². The first-order valence-corrected chi connectivity index (χ1v) is 8.13. The molecule has 0 spiro atoms. The summed E-state index contributed by atoms with van der Waals surface area (Å²) in [4.78, 5) is 12.3. The molecule has 0 saturated heterocycles. The zero-order valence-electron chi connectivity index (χ0n) is 14.1. The van der Waals surface area contributed by atoms with E-state index in [0.29, 0.717) is 24.4 Å². The highest BCUT2D eigenvalue weighted by Crippen LogP contribution is 2.18. The lowest BCUT2D eigenvalue weighted by Crippen LogP contribution is -2.13. The lowest BCUT2D eigenvalue weighted by atomic mass is 10.2. The summed E-state index contributed by atoms with van der Waals surface area (Å²) in [6.45, 7) is 5.02. The summed E-state index contributed by atoms with van der Waals surface area (Å²) in [6, 6.07) is 14.3. The summed E-state index contributed by atoms with van der Waals surface area (Å²) >= 11 is 0. The van der Waals surface area contributed by atoms with E-state index in [0.717, 1.165) is 17.9 Å². The van der Waals surface area contributed by atoms with E-state index in [2.05, 4.69) is 12.2 Å². The van der Waals surface area contributed by atoms with Crippen molar-refractivity contribution < 1.29 is 14.3 Å². The van der Waals surface area contributed by atoms with Crippen LogP contribution in [0.3, 0.4) is 0 Å². The first-order valence-electron chi connectivity index (χ1n) is 8.13. The van der Waals surface area contributed by atoms with Gasteiger partial charge in [0.2, 0.25) is 0 Å². The minimum absolute atomic E-state index is 0.157. The molecule has 0 bridgehead atoms. The van der Waals surface area contributed by atoms with Gasteiger partial charge in [0, 0.05) is 17.8 Å². The van der Waals surface area contributed by atoms with Crippen molar-refractivity contribution in [2.24, 2.45) is 5.73 Å². The van der Waals surface area contributed by atoms with E-state index in [4.69, 9.17) is 15.2 Å². The monoisotopic (exact) mass is 328 g/mol. The molecule has 3 N–H and O–H groups in total. The molecule has 128 valence electrons. The van der Waals surface area contributed by atoms with Crippen molar-refractivity contribution in [3.05, 3.63) is 54.1 Å². The van der Waals surface area contributed by atoms with Gasteiger partial charge < -0.3 is 20.5 Å². The van der Waals surface area contributed by atoms with E-state index >= 15 is 0 Å². The number of nitrogens with one attached hydrogen (secondary N) is 1. The van der Waals surface area contributed by atoms with Gasteiger partial charge >= 0.3 is 0 Å². The average molecular weight is 328 g/mol. The second-order valence-electron chi connectivity index (χ2n) is 5.48. The van der Waals surface area contributed by atoms with Crippen LogP contribution in [0.2, 0.25) is 0 Å². The number of amides is 1. The van der Waals surface area contributed by atoms with Crippen molar-refractivity contribution in [2.45, 2.75) is 26.4 Å². The van der Waals surface area contributed by atoms with Gasteiger partial charge in [-0.25, -0.2) is 0 Å². The number of hydrogen-bond acceptors (Lipinski definition) is 4. The van der Waals surface area contributed by atoms with Gasteiger partial charge in [-0.1, -0.05) is 6.92 Å². The molecular weight excluding hydrogens is 304 g/mol. The van der Waals surface area contributed by atoms with Gasteiger partial charge in [0.1, 0.15) is 18.1 Å². The van der Waals surface area contributed by atoms with Gasteiger partial charge in [-0.05, 0) is 61.9 Å². The second-order valence-corrected chi connectivity index (χ2v) is 5.48. The predicted molar refractivity (Wildman–Crippen MR) is 95.8 cm³/mol. The molecule has 0 heterocycles. The Hall–Kier alpha value is -2.53. The molecule has 0 aliphatic carbocycles. The van der Waals surface area contributed by atoms with Crippen LogP contribution < -0.4 is 20.5 Å². The van der Waals surface area contributed by atoms with Crippen LogP contribution in [-0.4, -0.2) is 25.2 Å². The first-order chi connectivity index (χ1) is 11.6. The number of ether oxygens (including phenoxy) is 2. The number of rotatable bonds is 8. The molecule has 0 aliphatic heterocycles. The number of benzene rings is 2. The molecule has 0 aromatic heterocycles. The average Bonchev–Trinajstić information content (AvgIpc) is 2.61. The van der Waals surface area contributed by atoms with E-state index in [9.17, 15) is 4.79 Å². The van der Waals surface area contributed by atoms with Gasteiger partial charge in [-0.2, -0.15) is 0 Å². The standard InChI is InChI=1S/C19H24N2O3/c1-3-14(2)24-18-8-4-15(5-9-18)19(22)21-16-6-10-17(11-7-16)23-13-12-20/h4-11,14H,3,12-13,20H2,1-2H3,(H,21,22). The summed E-state index contributed by atoms with van der Waals surface area (Å²) in [5, 5.41) is 2.85. The van der Waals surface area contributed by atoms with Gasteiger partial charge in [0.15, 0.2) is 0 Å². The molecule has 0 aliphatic rings. The summed E-state index contributed by atoms with van der Waals surface area (Å²) < 4.78 is 11.1. The fourth-order valence-electron chi connectivity index (χ4n) is 2.02. The lowest BCUT2D eigenvalue weighted by molar-refractivity contribution is 0.102. The molecule has 2 aromatic rings. The van der Waals surface area contributed by atoms with Crippen molar-refractivity contribution >= 4 is 11.6 Å². The van der Waals surface area contributed by atoms with Crippen LogP contribution in [0.25, 0.3) is 0 Å². The van der Waals surface area contributed by atoms with Crippen molar-refractivity contribution in [3.8, 4) is 11.5 Å². The molecule has 0 saturated carbocycles. The maximum Gasteiger partial charge on any atom is 0.255 e. The highest BCUT2D eigenvalue weighted by Gasteiger charge is 2.07. The second kappa shape index (κ2) is 8.93. The van der Waals surface area contributed by atoms with Gasteiger partial charge in [-0.3, -0.25) is 4.79 Å². The van der Waals surface area contributed by atoms with E-state index < -0.39 is 0 Å². The minimum atomic E-state index is -0.166. The highest BCUT2D eigenvalue weighted by atomic mass is 16.5. The summed E-state index contributed by atoms with van der Waals surface area (Å²) in [7, 11) is 0. The predicted octanol–water partition coefficient (Wildman–Crippen LogP) is 3.45. The van der Waals surface area contributed by atoms with Crippen LogP contribution in [0, 0.1) is 0 Å². The highest BCUT2D eigenvalue weighted by molar-refractivity contribution is 6.04.